The zero-order valence-electron chi connectivity index (χ0n) is 7.63. The maximum atomic E-state index is 4.24. The first-order valence-electron chi connectivity index (χ1n) is 5.00. The number of piperidine rings is 3. The zero-order chi connectivity index (χ0) is 8.67. The molecule has 2 bridgehead atoms. The van der Waals surface area contributed by atoms with Crippen LogP contribution in [-0.2, 0) is 0 Å². The first-order valence-corrected chi connectivity index (χ1v) is 5.00. The molecule has 0 N–H and O–H groups in total. The van der Waals surface area contributed by atoms with Crippen molar-refractivity contribution in [3.63, 3.8) is 0 Å². The van der Waals surface area contributed by atoms with Gasteiger partial charge in [0, 0.05) is 6.54 Å². The molecule has 0 aromatic carbocycles. The standard InChI is InChI=1S/C9H14N4/c1-3-12-4-2-8(1)9(5-12)13-7-10-6-11-13/h6-9H,1-5H2. The van der Waals surface area contributed by atoms with Crippen LogP contribution in [0.15, 0.2) is 12.7 Å². The highest BCUT2D eigenvalue weighted by atomic mass is 15.4. The second kappa shape index (κ2) is 2.80. The number of rotatable bonds is 1. The van der Waals surface area contributed by atoms with Gasteiger partial charge in [0.2, 0.25) is 0 Å². The normalized spacial score (nSPS) is 38.0. The molecule has 3 fully saturated rings. The van der Waals surface area contributed by atoms with E-state index in [-0.39, 0.29) is 0 Å². The van der Waals surface area contributed by atoms with Crippen molar-refractivity contribution in [1.82, 2.24) is 19.7 Å². The number of aromatic nitrogens is 3. The minimum atomic E-state index is 0.588. The molecular weight excluding hydrogens is 164 g/mol. The first kappa shape index (κ1) is 7.50. The number of hydrogen-bond donors (Lipinski definition) is 0. The van der Waals surface area contributed by atoms with E-state index in [1.165, 1.54) is 32.5 Å². The molecule has 1 aromatic rings. The van der Waals surface area contributed by atoms with Crippen molar-refractivity contribution in [1.29, 1.82) is 0 Å². The van der Waals surface area contributed by atoms with Crippen LogP contribution >= 0.6 is 0 Å². The fraction of sp³-hybridized carbons (Fsp3) is 0.778. The van der Waals surface area contributed by atoms with Gasteiger partial charge in [-0.15, -0.1) is 0 Å². The van der Waals surface area contributed by atoms with Gasteiger partial charge in [-0.1, -0.05) is 0 Å². The van der Waals surface area contributed by atoms with Crippen molar-refractivity contribution in [2.24, 2.45) is 5.92 Å². The molecular formula is C9H14N4. The van der Waals surface area contributed by atoms with E-state index in [1.807, 2.05) is 11.0 Å². The van der Waals surface area contributed by atoms with E-state index < -0.39 is 0 Å². The summed E-state index contributed by atoms with van der Waals surface area (Å²) in [6, 6.07) is 0.588. The Labute approximate surface area is 77.6 Å². The number of nitrogens with zero attached hydrogens (tertiary/aromatic N) is 4. The molecule has 0 radical (unpaired) electrons. The zero-order valence-corrected chi connectivity index (χ0v) is 7.63. The Morgan fingerprint density at radius 1 is 1.23 bits per heavy atom. The van der Waals surface area contributed by atoms with Gasteiger partial charge >= 0.3 is 0 Å². The maximum Gasteiger partial charge on any atom is 0.137 e. The molecule has 0 amide bonds. The summed E-state index contributed by atoms with van der Waals surface area (Å²) in [5.41, 5.74) is 0. The lowest BCUT2D eigenvalue weighted by molar-refractivity contribution is 0.0511. The second-order valence-corrected chi connectivity index (χ2v) is 4.08. The SMILES string of the molecule is c1ncn(C2CN3CCC2CC3)n1. The van der Waals surface area contributed by atoms with E-state index in [0.717, 1.165) is 5.92 Å². The molecule has 0 aliphatic carbocycles. The lowest BCUT2D eigenvalue weighted by Gasteiger charge is -2.44. The average molecular weight is 178 g/mol. The van der Waals surface area contributed by atoms with E-state index in [9.17, 15) is 0 Å². The van der Waals surface area contributed by atoms with Gasteiger partial charge in [0.1, 0.15) is 12.7 Å². The number of hydrogen-bond acceptors (Lipinski definition) is 3. The summed E-state index contributed by atoms with van der Waals surface area (Å²) >= 11 is 0. The van der Waals surface area contributed by atoms with Crippen molar-refractivity contribution in [3.05, 3.63) is 12.7 Å². The Bertz CT molecular complexity index is 274. The highest BCUT2D eigenvalue weighted by Crippen LogP contribution is 2.34. The summed E-state index contributed by atoms with van der Waals surface area (Å²) in [6.07, 6.45) is 6.17. The minimum absolute atomic E-state index is 0.588. The van der Waals surface area contributed by atoms with Crippen LogP contribution in [0.1, 0.15) is 18.9 Å². The molecule has 1 unspecified atom stereocenters. The van der Waals surface area contributed by atoms with Gasteiger partial charge in [-0.25, -0.2) is 9.67 Å². The van der Waals surface area contributed by atoms with Crippen LogP contribution in [0.5, 0.6) is 0 Å². The van der Waals surface area contributed by atoms with Crippen LogP contribution in [0, 0.1) is 5.92 Å². The monoisotopic (exact) mass is 178 g/mol. The summed E-state index contributed by atoms with van der Waals surface area (Å²) in [7, 11) is 0. The summed E-state index contributed by atoms with van der Waals surface area (Å²) in [5, 5.41) is 4.24. The van der Waals surface area contributed by atoms with Crippen LogP contribution in [0.3, 0.4) is 0 Å². The molecule has 3 aliphatic heterocycles. The minimum Gasteiger partial charge on any atom is -0.301 e. The molecule has 0 spiro atoms. The highest BCUT2D eigenvalue weighted by Gasteiger charge is 2.35. The molecule has 1 aromatic heterocycles. The van der Waals surface area contributed by atoms with E-state index in [0.29, 0.717) is 6.04 Å². The molecule has 3 saturated heterocycles. The molecule has 4 rings (SSSR count). The highest BCUT2D eigenvalue weighted by molar-refractivity contribution is 4.89. The Balaban J connectivity index is 1.85. The molecule has 3 aliphatic rings. The third kappa shape index (κ3) is 1.16. The summed E-state index contributed by atoms with van der Waals surface area (Å²) in [5.74, 6) is 0.840. The third-order valence-electron chi connectivity index (χ3n) is 3.40. The Kier molecular flexibility index (Phi) is 1.62. The fourth-order valence-electron chi connectivity index (χ4n) is 2.62. The lowest BCUT2D eigenvalue weighted by Crippen LogP contribution is -2.48. The topological polar surface area (TPSA) is 34.0 Å². The van der Waals surface area contributed by atoms with E-state index in [1.54, 1.807) is 6.33 Å². The molecule has 70 valence electrons. The molecule has 0 saturated carbocycles. The van der Waals surface area contributed by atoms with Crippen LogP contribution in [-0.4, -0.2) is 39.3 Å². The molecule has 4 heteroatoms. The van der Waals surface area contributed by atoms with E-state index >= 15 is 0 Å². The Hall–Kier alpha value is -0.900. The van der Waals surface area contributed by atoms with Gasteiger partial charge in [-0.2, -0.15) is 5.10 Å². The van der Waals surface area contributed by atoms with Crippen molar-refractivity contribution in [2.45, 2.75) is 18.9 Å². The molecule has 13 heavy (non-hydrogen) atoms. The number of fused-ring (bicyclic) bond motifs is 3. The maximum absolute atomic E-state index is 4.24. The fourth-order valence-corrected chi connectivity index (χ4v) is 2.62. The van der Waals surface area contributed by atoms with Crippen molar-refractivity contribution >= 4 is 0 Å². The Morgan fingerprint density at radius 3 is 2.62 bits per heavy atom. The van der Waals surface area contributed by atoms with Crippen molar-refractivity contribution < 1.29 is 0 Å². The molecule has 4 nitrogen and oxygen atoms in total. The van der Waals surface area contributed by atoms with Gasteiger partial charge in [-0.3, -0.25) is 0 Å². The first-order chi connectivity index (χ1) is 6.43. The summed E-state index contributed by atoms with van der Waals surface area (Å²) in [4.78, 5) is 6.55. The van der Waals surface area contributed by atoms with Crippen LogP contribution in [0.25, 0.3) is 0 Å². The van der Waals surface area contributed by atoms with Gasteiger partial charge in [0.05, 0.1) is 6.04 Å². The predicted molar refractivity (Wildman–Crippen MR) is 48.2 cm³/mol. The van der Waals surface area contributed by atoms with E-state index in [2.05, 4.69) is 15.0 Å². The Morgan fingerprint density at radius 2 is 2.08 bits per heavy atom. The smallest absolute Gasteiger partial charge is 0.137 e. The van der Waals surface area contributed by atoms with Crippen LogP contribution in [0.2, 0.25) is 0 Å². The van der Waals surface area contributed by atoms with Gasteiger partial charge in [0.15, 0.2) is 0 Å². The van der Waals surface area contributed by atoms with E-state index in [4.69, 9.17) is 0 Å². The third-order valence-corrected chi connectivity index (χ3v) is 3.40. The van der Waals surface area contributed by atoms with Gasteiger partial charge in [-0.05, 0) is 31.8 Å². The average Bonchev–Trinajstić information content (AvgIpc) is 2.72. The quantitative estimate of drug-likeness (QED) is 0.629. The second-order valence-electron chi connectivity index (χ2n) is 4.08. The van der Waals surface area contributed by atoms with Crippen molar-refractivity contribution in [3.8, 4) is 0 Å². The molecule has 1 atom stereocenters. The van der Waals surface area contributed by atoms with Crippen LogP contribution in [0.4, 0.5) is 0 Å². The lowest BCUT2D eigenvalue weighted by atomic mass is 9.84. The van der Waals surface area contributed by atoms with Crippen LogP contribution < -0.4 is 0 Å². The van der Waals surface area contributed by atoms with Gasteiger partial charge < -0.3 is 4.90 Å². The predicted octanol–water partition coefficient (Wildman–Crippen LogP) is 0.545. The molecule has 4 heterocycles. The summed E-state index contributed by atoms with van der Waals surface area (Å²) < 4.78 is 2.04. The van der Waals surface area contributed by atoms with Crippen molar-refractivity contribution in [2.75, 3.05) is 19.6 Å². The summed E-state index contributed by atoms with van der Waals surface area (Å²) in [6.45, 7) is 3.75. The van der Waals surface area contributed by atoms with Gasteiger partial charge in [0.25, 0.3) is 0 Å². The largest absolute Gasteiger partial charge is 0.301 e.